The van der Waals surface area contributed by atoms with Gasteiger partial charge in [-0.2, -0.15) is 0 Å². The van der Waals surface area contributed by atoms with Crippen LogP contribution in [0.5, 0.6) is 0 Å². The lowest BCUT2D eigenvalue weighted by molar-refractivity contribution is 0.0364. The maximum atomic E-state index is 13.0. The number of anilines is 2. The lowest BCUT2D eigenvalue weighted by Gasteiger charge is -2.29. The Morgan fingerprint density at radius 3 is 2.47 bits per heavy atom. The van der Waals surface area contributed by atoms with E-state index in [9.17, 15) is 4.79 Å². The average molecular weight is 523 g/mol. The highest BCUT2D eigenvalue weighted by Crippen LogP contribution is 2.24. The minimum Gasteiger partial charge on any atom is -0.474 e. The molecule has 1 fully saturated rings. The van der Waals surface area contributed by atoms with Crippen LogP contribution in [0.4, 0.5) is 11.4 Å². The lowest BCUT2D eigenvalue weighted by Crippen LogP contribution is -2.38. The van der Waals surface area contributed by atoms with Gasteiger partial charge in [0.05, 0.1) is 30.4 Å². The van der Waals surface area contributed by atoms with Crippen LogP contribution in [0.25, 0.3) is 0 Å². The zero-order valence-electron chi connectivity index (χ0n) is 23.1. The van der Waals surface area contributed by atoms with Gasteiger partial charge in [0.2, 0.25) is 0 Å². The van der Waals surface area contributed by atoms with Crippen LogP contribution < -0.4 is 16.4 Å². The van der Waals surface area contributed by atoms with E-state index in [-0.39, 0.29) is 11.5 Å². The fourth-order valence-corrected chi connectivity index (χ4v) is 4.10. The first-order valence-electron chi connectivity index (χ1n) is 13.1. The Labute approximate surface area is 226 Å². The zero-order valence-corrected chi connectivity index (χ0v) is 23.1. The molecule has 206 valence electrons. The number of nitrogens with zero attached hydrogens (tertiary/aromatic N) is 3. The summed E-state index contributed by atoms with van der Waals surface area (Å²) in [5, 5.41) is 6.05. The highest BCUT2D eigenvalue weighted by Gasteiger charge is 2.16. The van der Waals surface area contributed by atoms with Crippen molar-refractivity contribution in [3.63, 3.8) is 0 Å². The Bertz CT molecular complexity index is 1090. The molecular weight excluding hydrogens is 480 g/mol. The van der Waals surface area contributed by atoms with Crippen LogP contribution in [0.2, 0.25) is 0 Å². The number of pyridine rings is 1. The van der Waals surface area contributed by atoms with Crippen molar-refractivity contribution < 1.29 is 14.3 Å². The van der Waals surface area contributed by atoms with Crippen LogP contribution in [0.3, 0.4) is 0 Å². The molecule has 1 aromatic carbocycles. The van der Waals surface area contributed by atoms with Gasteiger partial charge in [-0.1, -0.05) is 18.2 Å². The van der Waals surface area contributed by atoms with E-state index in [2.05, 4.69) is 32.0 Å². The van der Waals surface area contributed by atoms with Gasteiger partial charge in [0.25, 0.3) is 5.91 Å². The third kappa shape index (κ3) is 9.39. The maximum Gasteiger partial charge on any atom is 0.274 e. The predicted molar refractivity (Wildman–Crippen MR) is 152 cm³/mol. The zero-order chi connectivity index (χ0) is 27.5. The number of amides is 1. The number of allylic oxidation sites excluding steroid dienone is 1. The van der Waals surface area contributed by atoms with E-state index in [1.807, 2.05) is 64.1 Å². The van der Waals surface area contributed by atoms with Gasteiger partial charge in [0.15, 0.2) is 5.88 Å². The summed E-state index contributed by atoms with van der Waals surface area (Å²) in [5.41, 5.74) is 8.49. The van der Waals surface area contributed by atoms with Crippen LogP contribution >= 0.6 is 0 Å². The standard InChI is InChI=1S/C29H42N6O3/c1-6-27(30)35(15-9-14-34-16-18-37-19-17-34)21-23-12-13-26(31-20-23)28(36)33-25-11-8-7-10-24(25)32-22(2)38-29(3,4)5/h6-8,10-13,20,32H,2,9,14-19,21,30H2,1,3-5H3,(H,33,36)/b27-6-. The molecule has 9 nitrogen and oxygen atoms in total. The summed E-state index contributed by atoms with van der Waals surface area (Å²) in [5.74, 6) is 0.829. The molecule has 1 aliphatic rings. The molecule has 0 spiro atoms. The number of ether oxygens (including phenoxy) is 2. The molecule has 0 radical (unpaired) electrons. The van der Waals surface area contributed by atoms with Gasteiger partial charge in [-0.3, -0.25) is 14.7 Å². The van der Waals surface area contributed by atoms with Crippen molar-refractivity contribution in [1.29, 1.82) is 0 Å². The first-order chi connectivity index (χ1) is 18.1. The third-order valence-corrected chi connectivity index (χ3v) is 5.98. The molecule has 1 aromatic heterocycles. The van der Waals surface area contributed by atoms with E-state index in [4.69, 9.17) is 15.2 Å². The molecule has 1 amide bonds. The van der Waals surface area contributed by atoms with Gasteiger partial charge >= 0.3 is 0 Å². The fraction of sp³-hybridized carbons (Fsp3) is 0.448. The fourth-order valence-electron chi connectivity index (χ4n) is 4.10. The second kappa shape index (κ2) is 13.8. The number of para-hydroxylation sites is 2. The number of rotatable bonds is 12. The van der Waals surface area contributed by atoms with Gasteiger partial charge in [-0.25, -0.2) is 0 Å². The van der Waals surface area contributed by atoms with Crippen LogP contribution in [0.1, 0.15) is 50.2 Å². The van der Waals surface area contributed by atoms with E-state index in [1.54, 1.807) is 12.3 Å². The van der Waals surface area contributed by atoms with E-state index >= 15 is 0 Å². The third-order valence-electron chi connectivity index (χ3n) is 5.98. The molecule has 9 heteroatoms. The van der Waals surface area contributed by atoms with Gasteiger partial charge < -0.3 is 30.7 Å². The normalized spacial score (nSPS) is 14.6. The van der Waals surface area contributed by atoms with Crippen molar-refractivity contribution >= 4 is 17.3 Å². The van der Waals surface area contributed by atoms with Crippen molar-refractivity contribution in [3.8, 4) is 0 Å². The lowest BCUT2D eigenvalue weighted by atomic mass is 10.2. The van der Waals surface area contributed by atoms with Gasteiger partial charge in [-0.05, 0) is 70.5 Å². The molecule has 0 saturated carbocycles. The Balaban J connectivity index is 1.58. The number of carbonyl (C=O) groups excluding carboxylic acids is 1. The summed E-state index contributed by atoms with van der Waals surface area (Å²) in [6, 6.07) is 11.0. The highest BCUT2D eigenvalue weighted by molar-refractivity contribution is 6.04. The Morgan fingerprint density at radius 2 is 1.87 bits per heavy atom. The van der Waals surface area contributed by atoms with Crippen LogP contribution in [0.15, 0.2) is 67.0 Å². The quantitative estimate of drug-likeness (QED) is 0.353. The highest BCUT2D eigenvalue weighted by atomic mass is 16.5. The number of carbonyl (C=O) groups is 1. The van der Waals surface area contributed by atoms with E-state index in [0.29, 0.717) is 29.5 Å². The van der Waals surface area contributed by atoms with Crippen molar-refractivity contribution in [2.75, 3.05) is 50.0 Å². The number of hydrogen-bond acceptors (Lipinski definition) is 8. The Morgan fingerprint density at radius 1 is 1.18 bits per heavy atom. The van der Waals surface area contributed by atoms with Crippen molar-refractivity contribution in [3.05, 3.63) is 78.2 Å². The minimum atomic E-state index is -0.385. The van der Waals surface area contributed by atoms with Gasteiger partial charge in [0.1, 0.15) is 11.3 Å². The number of morpholine rings is 1. The molecule has 0 aliphatic carbocycles. The molecule has 38 heavy (non-hydrogen) atoms. The Kier molecular flexibility index (Phi) is 10.6. The van der Waals surface area contributed by atoms with Gasteiger partial charge in [-0.15, -0.1) is 0 Å². The predicted octanol–water partition coefficient (Wildman–Crippen LogP) is 4.38. The molecule has 2 heterocycles. The van der Waals surface area contributed by atoms with Crippen LogP contribution in [-0.2, 0) is 16.0 Å². The second-order valence-corrected chi connectivity index (χ2v) is 10.3. The number of benzene rings is 1. The molecule has 1 aliphatic heterocycles. The SMILES string of the molecule is C=C(Nc1ccccc1NC(=O)c1ccc(CN(CCCN2CCOCC2)/C(N)=C\C)cn1)OC(C)(C)C. The number of aromatic nitrogens is 1. The van der Waals surface area contributed by atoms with E-state index in [1.165, 1.54) is 0 Å². The Hall–Kier alpha value is -3.56. The number of nitrogens with one attached hydrogen (secondary N) is 2. The summed E-state index contributed by atoms with van der Waals surface area (Å²) < 4.78 is 11.2. The molecule has 2 aromatic rings. The molecular formula is C29H42N6O3. The van der Waals surface area contributed by atoms with Crippen molar-refractivity contribution in [1.82, 2.24) is 14.8 Å². The van der Waals surface area contributed by atoms with Gasteiger partial charge in [0, 0.05) is 38.9 Å². The van der Waals surface area contributed by atoms with Crippen molar-refractivity contribution in [2.45, 2.75) is 46.3 Å². The molecule has 0 unspecified atom stereocenters. The smallest absolute Gasteiger partial charge is 0.274 e. The molecule has 4 N–H and O–H groups in total. The summed E-state index contributed by atoms with van der Waals surface area (Å²) in [6.07, 6.45) is 4.65. The number of hydrogen-bond donors (Lipinski definition) is 3. The first-order valence-corrected chi connectivity index (χ1v) is 13.1. The molecule has 0 bridgehead atoms. The maximum absolute atomic E-state index is 13.0. The summed E-state index contributed by atoms with van der Waals surface area (Å²) in [6.45, 7) is 17.7. The molecule has 3 rings (SSSR count). The average Bonchev–Trinajstić information content (AvgIpc) is 2.88. The van der Waals surface area contributed by atoms with Crippen LogP contribution in [-0.4, -0.2) is 65.7 Å². The molecule has 0 atom stereocenters. The summed E-state index contributed by atoms with van der Waals surface area (Å²) in [7, 11) is 0. The van der Waals surface area contributed by atoms with E-state index in [0.717, 1.165) is 57.2 Å². The largest absolute Gasteiger partial charge is 0.474 e. The molecule has 1 saturated heterocycles. The van der Waals surface area contributed by atoms with Crippen molar-refractivity contribution in [2.24, 2.45) is 5.73 Å². The van der Waals surface area contributed by atoms with Crippen LogP contribution in [0, 0.1) is 0 Å². The first kappa shape index (κ1) is 29.0. The second-order valence-electron chi connectivity index (χ2n) is 10.3. The minimum absolute atomic E-state index is 0.302. The summed E-state index contributed by atoms with van der Waals surface area (Å²) >= 11 is 0. The topological polar surface area (TPSA) is 105 Å². The monoisotopic (exact) mass is 522 g/mol. The number of nitrogens with two attached hydrogens (primary N) is 1. The van der Waals surface area contributed by atoms with E-state index < -0.39 is 0 Å². The summed E-state index contributed by atoms with van der Waals surface area (Å²) in [4.78, 5) is 21.9.